The number of carbonyl (C=O) groups is 2. The second-order valence-electron chi connectivity index (χ2n) is 16.1. The summed E-state index contributed by atoms with van der Waals surface area (Å²) in [5, 5.41) is 4.18. The predicted octanol–water partition coefficient (Wildman–Crippen LogP) is 10.4. The number of amides is 2. The van der Waals surface area contributed by atoms with Gasteiger partial charge in [0.05, 0.1) is 5.69 Å². The Bertz CT molecular complexity index is 1880. The zero-order valence-corrected chi connectivity index (χ0v) is 34.1. The van der Waals surface area contributed by atoms with Gasteiger partial charge in [0.2, 0.25) is 5.28 Å². The number of benzene rings is 1. The van der Waals surface area contributed by atoms with Gasteiger partial charge >= 0.3 is 12.2 Å². The summed E-state index contributed by atoms with van der Waals surface area (Å²) in [6, 6.07) is 10.5. The first-order chi connectivity index (χ1) is 25.1. The lowest BCUT2D eigenvalue weighted by atomic mass is 10.1. The Morgan fingerprint density at radius 3 is 2.34 bits per heavy atom. The number of hydrogen-bond acceptors (Lipinski definition) is 8. The average Bonchev–Trinajstić information content (AvgIpc) is 3.83. The summed E-state index contributed by atoms with van der Waals surface area (Å²) < 4.78 is 13.8. The van der Waals surface area contributed by atoms with Crippen LogP contribution >= 0.6 is 22.9 Å². The SMILES string of the molecule is C/C=C(\C)CCN(CCCN(C[C@@H]1CC[C@H](n2cc(-c3nc(Cc4ccccc4)cs3)c3cnc(Cl)nc32)C1)C(=O)OC(C)(C)C)C(=O)OC(C)(C)C. The predicted molar refractivity (Wildman–Crippen MR) is 214 cm³/mol. The van der Waals surface area contributed by atoms with Crippen molar-refractivity contribution in [1.29, 1.82) is 0 Å². The molecule has 0 bridgehead atoms. The van der Waals surface area contributed by atoms with Crippen molar-refractivity contribution in [2.75, 3.05) is 26.2 Å². The van der Waals surface area contributed by atoms with Crippen LogP contribution in [-0.4, -0.2) is 78.9 Å². The molecule has 2 amide bonds. The number of rotatable bonds is 13. The van der Waals surface area contributed by atoms with Gasteiger partial charge in [0.1, 0.15) is 21.9 Å². The minimum Gasteiger partial charge on any atom is -0.444 e. The fourth-order valence-electron chi connectivity index (χ4n) is 6.67. The van der Waals surface area contributed by atoms with Crippen molar-refractivity contribution in [3.05, 3.63) is 76.3 Å². The van der Waals surface area contributed by atoms with Gasteiger partial charge in [-0.05, 0) is 111 Å². The summed E-state index contributed by atoms with van der Waals surface area (Å²) in [6.45, 7) is 17.4. The van der Waals surface area contributed by atoms with Gasteiger partial charge in [-0.3, -0.25) is 0 Å². The second kappa shape index (κ2) is 17.5. The Kier molecular flexibility index (Phi) is 13.2. The molecular formula is C41H55ClN6O4S. The van der Waals surface area contributed by atoms with Gasteiger partial charge in [0.25, 0.3) is 0 Å². The van der Waals surface area contributed by atoms with E-state index in [4.69, 9.17) is 26.1 Å². The fourth-order valence-corrected chi connectivity index (χ4v) is 7.64. The van der Waals surface area contributed by atoms with E-state index >= 15 is 0 Å². The fraction of sp³-hybridized carbons (Fsp3) is 0.537. The molecule has 53 heavy (non-hydrogen) atoms. The van der Waals surface area contributed by atoms with Crippen LogP contribution in [0, 0.1) is 5.92 Å². The second-order valence-corrected chi connectivity index (χ2v) is 17.3. The number of aromatic nitrogens is 4. The highest BCUT2D eigenvalue weighted by Gasteiger charge is 2.32. The topological polar surface area (TPSA) is 103 Å². The molecule has 1 aliphatic carbocycles. The van der Waals surface area contributed by atoms with Crippen LogP contribution in [0.25, 0.3) is 21.6 Å². The van der Waals surface area contributed by atoms with Gasteiger partial charge in [0, 0.05) is 67.4 Å². The molecule has 0 aliphatic heterocycles. The molecule has 1 aliphatic rings. The maximum atomic E-state index is 13.6. The molecule has 3 heterocycles. The van der Waals surface area contributed by atoms with E-state index in [1.807, 2.05) is 71.6 Å². The van der Waals surface area contributed by atoms with E-state index in [0.29, 0.717) is 32.6 Å². The molecule has 2 atom stereocenters. The van der Waals surface area contributed by atoms with E-state index in [1.165, 1.54) is 11.1 Å². The Morgan fingerprint density at radius 2 is 1.66 bits per heavy atom. The zero-order chi connectivity index (χ0) is 38.3. The third kappa shape index (κ3) is 11.5. The monoisotopic (exact) mass is 762 g/mol. The molecule has 3 aromatic heterocycles. The van der Waals surface area contributed by atoms with Crippen LogP contribution in [0.1, 0.15) is 105 Å². The van der Waals surface area contributed by atoms with Crippen LogP contribution < -0.4 is 0 Å². The lowest BCUT2D eigenvalue weighted by Crippen LogP contribution is -2.42. The van der Waals surface area contributed by atoms with E-state index in [2.05, 4.69) is 51.2 Å². The summed E-state index contributed by atoms with van der Waals surface area (Å²) >= 11 is 7.98. The number of carbonyl (C=O) groups excluding carboxylic acids is 2. The lowest BCUT2D eigenvalue weighted by Gasteiger charge is -2.31. The largest absolute Gasteiger partial charge is 0.444 e. The van der Waals surface area contributed by atoms with Crippen LogP contribution in [0.15, 0.2) is 59.8 Å². The summed E-state index contributed by atoms with van der Waals surface area (Å²) in [5.41, 5.74) is 4.03. The van der Waals surface area contributed by atoms with Crippen molar-refractivity contribution in [3.8, 4) is 10.6 Å². The quantitative estimate of drug-likeness (QED) is 0.0987. The maximum Gasteiger partial charge on any atom is 0.410 e. The number of allylic oxidation sites excluding steroid dienone is 1. The molecule has 0 saturated heterocycles. The summed E-state index contributed by atoms with van der Waals surface area (Å²) in [5.74, 6) is 0.252. The lowest BCUT2D eigenvalue weighted by molar-refractivity contribution is 0.0186. The molecule has 12 heteroatoms. The maximum absolute atomic E-state index is 13.6. The first-order valence-corrected chi connectivity index (χ1v) is 19.9. The van der Waals surface area contributed by atoms with Crippen LogP contribution in [0.3, 0.4) is 0 Å². The van der Waals surface area contributed by atoms with Crippen molar-refractivity contribution in [2.24, 2.45) is 5.92 Å². The first-order valence-electron chi connectivity index (χ1n) is 18.7. The number of nitrogens with zero attached hydrogens (tertiary/aromatic N) is 6. The van der Waals surface area contributed by atoms with Crippen molar-refractivity contribution >= 4 is 46.2 Å². The number of fused-ring (bicyclic) bond motifs is 1. The van der Waals surface area contributed by atoms with E-state index in [1.54, 1.807) is 22.4 Å². The molecule has 5 rings (SSSR count). The normalized spacial score (nSPS) is 16.6. The van der Waals surface area contributed by atoms with E-state index in [0.717, 1.165) is 59.4 Å². The molecule has 1 fully saturated rings. The van der Waals surface area contributed by atoms with Gasteiger partial charge in [-0.15, -0.1) is 11.3 Å². The molecule has 0 N–H and O–H groups in total. The van der Waals surface area contributed by atoms with Gasteiger partial charge < -0.3 is 23.8 Å². The minimum absolute atomic E-state index is 0.170. The highest BCUT2D eigenvalue weighted by Crippen LogP contribution is 2.41. The van der Waals surface area contributed by atoms with E-state index < -0.39 is 11.2 Å². The third-order valence-corrected chi connectivity index (χ3v) is 10.5. The molecule has 0 unspecified atom stereocenters. The molecule has 10 nitrogen and oxygen atoms in total. The Labute approximate surface area is 323 Å². The van der Waals surface area contributed by atoms with E-state index in [-0.39, 0.29) is 29.4 Å². The van der Waals surface area contributed by atoms with Gasteiger partial charge in [0.15, 0.2) is 0 Å². The van der Waals surface area contributed by atoms with Gasteiger partial charge in [-0.25, -0.2) is 19.6 Å². The highest BCUT2D eigenvalue weighted by atomic mass is 35.5. The number of hydrogen-bond donors (Lipinski definition) is 0. The summed E-state index contributed by atoms with van der Waals surface area (Å²) in [4.78, 5) is 44.3. The van der Waals surface area contributed by atoms with Crippen molar-refractivity contribution in [2.45, 2.75) is 111 Å². The number of halogens is 1. The molecule has 1 aromatic carbocycles. The van der Waals surface area contributed by atoms with Crippen molar-refractivity contribution in [1.82, 2.24) is 29.3 Å². The standard InChI is InChI=1S/C41H55ClN6O4S/c1-9-28(2)18-21-46(38(49)51-40(3,4)5)19-13-20-47(39(50)52-41(6,7)8)25-30-16-17-32(23-30)48-26-34(33-24-43-37(42)45-35(33)48)36-44-31(27-53-36)22-29-14-11-10-12-15-29/h9-12,14-15,24,26-27,30,32H,13,16-23,25H2,1-8H3/b28-9+/t30-,32+/m1/s1. The zero-order valence-electron chi connectivity index (χ0n) is 32.5. The number of ether oxygens (including phenoxy) is 2. The summed E-state index contributed by atoms with van der Waals surface area (Å²) in [6.07, 6.45) is 10.2. The van der Waals surface area contributed by atoms with Gasteiger partial charge in [-0.2, -0.15) is 4.98 Å². The Balaban J connectivity index is 1.30. The average molecular weight is 763 g/mol. The smallest absolute Gasteiger partial charge is 0.410 e. The van der Waals surface area contributed by atoms with Crippen LogP contribution in [0.5, 0.6) is 0 Å². The Morgan fingerprint density at radius 1 is 0.981 bits per heavy atom. The molecule has 0 spiro atoms. The minimum atomic E-state index is -0.629. The summed E-state index contributed by atoms with van der Waals surface area (Å²) in [7, 11) is 0. The van der Waals surface area contributed by atoms with E-state index in [9.17, 15) is 9.59 Å². The third-order valence-electron chi connectivity index (χ3n) is 9.37. The van der Waals surface area contributed by atoms with Gasteiger partial charge in [-0.1, -0.05) is 42.0 Å². The molecule has 0 radical (unpaired) electrons. The van der Waals surface area contributed by atoms with Crippen molar-refractivity contribution in [3.63, 3.8) is 0 Å². The van der Waals surface area contributed by atoms with Crippen LogP contribution in [0.4, 0.5) is 9.59 Å². The molecule has 286 valence electrons. The molecule has 1 saturated carbocycles. The molecule has 4 aromatic rings. The van der Waals surface area contributed by atoms with Crippen LogP contribution in [0.2, 0.25) is 5.28 Å². The highest BCUT2D eigenvalue weighted by molar-refractivity contribution is 7.13. The first kappa shape index (κ1) is 40.2. The molecular weight excluding hydrogens is 708 g/mol. The number of thiazole rings is 1. The van der Waals surface area contributed by atoms with Crippen molar-refractivity contribution < 1.29 is 19.1 Å². The Hall–Kier alpha value is -3.96. The van der Waals surface area contributed by atoms with Crippen LogP contribution in [-0.2, 0) is 15.9 Å².